The van der Waals surface area contributed by atoms with Crippen LogP contribution in [0.1, 0.15) is 126 Å². The Bertz CT molecular complexity index is 838. The van der Waals surface area contributed by atoms with Crippen molar-refractivity contribution in [1.82, 2.24) is 0 Å². The molecule has 0 bridgehead atoms. The Morgan fingerprint density at radius 3 is 1.70 bits per heavy atom. The summed E-state index contributed by atoms with van der Waals surface area (Å²) >= 11 is 7.67. The van der Waals surface area contributed by atoms with Crippen molar-refractivity contribution < 1.29 is 0 Å². The van der Waals surface area contributed by atoms with Crippen LogP contribution in [-0.2, 0) is 16.1 Å². The predicted molar refractivity (Wildman–Crippen MR) is 154 cm³/mol. The SMILES string of the molecule is CCCCCCCCC1(CCCCCCCC)c2ccccc2-c2c(CBr)ccc(CBr)c21. The van der Waals surface area contributed by atoms with Crippen LogP contribution in [0.4, 0.5) is 0 Å². The number of fused-ring (bicyclic) bond motifs is 3. The second-order valence-corrected chi connectivity index (χ2v) is 11.2. The van der Waals surface area contributed by atoms with Crippen molar-refractivity contribution in [1.29, 1.82) is 0 Å². The number of hydrogen-bond acceptors (Lipinski definition) is 0. The Morgan fingerprint density at radius 2 is 1.12 bits per heavy atom. The lowest BCUT2D eigenvalue weighted by atomic mass is 9.69. The minimum atomic E-state index is 0.183. The van der Waals surface area contributed by atoms with E-state index in [9.17, 15) is 0 Å². The number of rotatable bonds is 16. The van der Waals surface area contributed by atoms with Gasteiger partial charge in [0, 0.05) is 16.1 Å². The molecule has 0 unspecified atom stereocenters. The standard InChI is InChI=1S/C31H44Br2/c1-3-5-7-9-11-15-21-31(22-16-12-10-8-6-4-2)28-18-14-13-17-27(28)29-25(23-32)19-20-26(24-33)30(29)31/h13-14,17-20H,3-12,15-16,21-24H2,1-2H3. The van der Waals surface area contributed by atoms with E-state index in [2.05, 4.69) is 82.1 Å². The maximum atomic E-state index is 3.86. The highest BCUT2D eigenvalue weighted by atomic mass is 79.9. The molecular weight excluding hydrogens is 532 g/mol. The molecule has 33 heavy (non-hydrogen) atoms. The van der Waals surface area contributed by atoms with Crippen LogP contribution in [0.15, 0.2) is 36.4 Å². The lowest BCUT2D eigenvalue weighted by molar-refractivity contribution is 0.396. The molecule has 2 heteroatoms. The zero-order chi connectivity index (χ0) is 23.5. The number of hydrogen-bond donors (Lipinski definition) is 0. The van der Waals surface area contributed by atoms with Crippen LogP contribution < -0.4 is 0 Å². The molecule has 0 aromatic heterocycles. The Labute approximate surface area is 220 Å². The van der Waals surface area contributed by atoms with E-state index in [4.69, 9.17) is 0 Å². The van der Waals surface area contributed by atoms with E-state index in [-0.39, 0.29) is 5.41 Å². The Hall–Kier alpha value is -0.600. The molecule has 3 rings (SSSR count). The maximum absolute atomic E-state index is 3.86. The minimum absolute atomic E-state index is 0.183. The first-order valence-corrected chi connectivity index (χ1v) is 15.8. The molecule has 1 aliphatic rings. The summed E-state index contributed by atoms with van der Waals surface area (Å²) in [5, 5.41) is 1.87. The topological polar surface area (TPSA) is 0 Å². The molecule has 0 amide bonds. The van der Waals surface area contributed by atoms with E-state index in [1.807, 2.05) is 0 Å². The van der Waals surface area contributed by atoms with E-state index < -0.39 is 0 Å². The number of unbranched alkanes of at least 4 members (excludes halogenated alkanes) is 10. The Balaban J connectivity index is 1.95. The second kappa shape index (κ2) is 14.1. The van der Waals surface area contributed by atoms with E-state index >= 15 is 0 Å². The number of halogens is 2. The zero-order valence-corrected chi connectivity index (χ0v) is 24.2. The molecule has 0 radical (unpaired) electrons. The molecule has 182 valence electrons. The summed E-state index contributed by atoms with van der Waals surface area (Å²) in [6.45, 7) is 4.62. The van der Waals surface area contributed by atoms with Gasteiger partial charge >= 0.3 is 0 Å². The lowest BCUT2D eigenvalue weighted by Gasteiger charge is -2.34. The van der Waals surface area contributed by atoms with Crippen LogP contribution in [0.3, 0.4) is 0 Å². The van der Waals surface area contributed by atoms with Crippen molar-refractivity contribution in [2.24, 2.45) is 0 Å². The van der Waals surface area contributed by atoms with Crippen LogP contribution in [0, 0.1) is 0 Å². The fourth-order valence-electron chi connectivity index (χ4n) is 6.08. The summed E-state index contributed by atoms with van der Waals surface area (Å²) < 4.78 is 0. The monoisotopic (exact) mass is 574 g/mol. The number of alkyl halides is 2. The van der Waals surface area contributed by atoms with Crippen LogP contribution in [0.2, 0.25) is 0 Å². The van der Waals surface area contributed by atoms with Gasteiger partial charge in [0.15, 0.2) is 0 Å². The van der Waals surface area contributed by atoms with E-state index in [0.717, 1.165) is 10.7 Å². The summed E-state index contributed by atoms with van der Waals surface area (Å²) in [5.74, 6) is 0. The van der Waals surface area contributed by atoms with Gasteiger partial charge in [0.1, 0.15) is 0 Å². The second-order valence-electron chi connectivity index (χ2n) is 10.1. The van der Waals surface area contributed by atoms with Crippen LogP contribution >= 0.6 is 31.9 Å². The molecule has 0 saturated heterocycles. The average Bonchev–Trinajstić information content (AvgIpc) is 3.14. The average molecular weight is 577 g/mol. The van der Waals surface area contributed by atoms with Crippen LogP contribution in [0.25, 0.3) is 11.1 Å². The molecule has 0 N–H and O–H groups in total. The van der Waals surface area contributed by atoms with Crippen molar-refractivity contribution in [2.75, 3.05) is 0 Å². The predicted octanol–water partition coefficient (Wildman–Crippen LogP) is 11.2. The number of benzene rings is 2. The van der Waals surface area contributed by atoms with Gasteiger partial charge in [-0.2, -0.15) is 0 Å². The van der Waals surface area contributed by atoms with E-state index in [1.165, 1.54) is 112 Å². The third-order valence-corrected chi connectivity index (χ3v) is 8.98. The highest BCUT2D eigenvalue weighted by Gasteiger charge is 2.44. The molecule has 0 spiro atoms. The minimum Gasteiger partial charge on any atom is -0.0876 e. The third-order valence-electron chi connectivity index (χ3n) is 7.77. The summed E-state index contributed by atoms with van der Waals surface area (Å²) in [6.07, 6.45) is 19.0. The largest absolute Gasteiger partial charge is 0.0876 e. The van der Waals surface area contributed by atoms with Gasteiger partial charge < -0.3 is 0 Å². The molecule has 0 heterocycles. The summed E-state index contributed by atoms with van der Waals surface area (Å²) in [4.78, 5) is 0. The molecule has 0 aliphatic heterocycles. The smallest absolute Gasteiger partial charge is 0.0289 e. The van der Waals surface area contributed by atoms with Gasteiger partial charge in [0.05, 0.1) is 0 Å². The van der Waals surface area contributed by atoms with Gasteiger partial charge in [-0.15, -0.1) is 0 Å². The maximum Gasteiger partial charge on any atom is 0.0289 e. The highest BCUT2D eigenvalue weighted by Crippen LogP contribution is 2.56. The molecule has 0 atom stereocenters. The van der Waals surface area contributed by atoms with E-state index in [1.54, 1.807) is 11.1 Å². The molecule has 0 fully saturated rings. The van der Waals surface area contributed by atoms with Crippen molar-refractivity contribution in [2.45, 2.75) is 120 Å². The van der Waals surface area contributed by atoms with Gasteiger partial charge in [-0.05, 0) is 46.2 Å². The zero-order valence-electron chi connectivity index (χ0n) is 21.0. The Kier molecular flexibility index (Phi) is 11.5. The van der Waals surface area contributed by atoms with Crippen molar-refractivity contribution in [3.8, 4) is 11.1 Å². The molecule has 2 aromatic rings. The molecule has 2 aromatic carbocycles. The van der Waals surface area contributed by atoms with Gasteiger partial charge in [-0.3, -0.25) is 0 Å². The first-order valence-electron chi connectivity index (χ1n) is 13.6. The van der Waals surface area contributed by atoms with Crippen molar-refractivity contribution in [3.05, 3.63) is 58.7 Å². The first kappa shape index (κ1) is 27.0. The molecule has 0 nitrogen and oxygen atoms in total. The fraction of sp³-hybridized carbons (Fsp3) is 0.613. The first-order chi connectivity index (χ1) is 16.2. The van der Waals surface area contributed by atoms with Gasteiger partial charge in [0.2, 0.25) is 0 Å². The third kappa shape index (κ3) is 6.35. The highest BCUT2D eigenvalue weighted by molar-refractivity contribution is 9.08. The van der Waals surface area contributed by atoms with Crippen LogP contribution in [0.5, 0.6) is 0 Å². The van der Waals surface area contributed by atoms with Gasteiger partial charge in [-0.1, -0.05) is 159 Å². The fourth-order valence-corrected chi connectivity index (χ4v) is 7.01. The summed E-state index contributed by atoms with van der Waals surface area (Å²) in [7, 11) is 0. The normalized spacial score (nSPS) is 13.8. The summed E-state index contributed by atoms with van der Waals surface area (Å²) in [5.41, 5.74) is 9.44. The Morgan fingerprint density at radius 1 is 0.606 bits per heavy atom. The van der Waals surface area contributed by atoms with E-state index in [0.29, 0.717) is 0 Å². The summed E-state index contributed by atoms with van der Waals surface area (Å²) in [6, 6.07) is 14.1. The van der Waals surface area contributed by atoms with Gasteiger partial charge in [-0.25, -0.2) is 0 Å². The molecule has 0 saturated carbocycles. The van der Waals surface area contributed by atoms with Crippen molar-refractivity contribution >= 4 is 31.9 Å². The lowest BCUT2D eigenvalue weighted by Crippen LogP contribution is -2.27. The van der Waals surface area contributed by atoms with Crippen LogP contribution in [-0.4, -0.2) is 0 Å². The molecule has 1 aliphatic carbocycles. The van der Waals surface area contributed by atoms with Gasteiger partial charge in [0.25, 0.3) is 0 Å². The van der Waals surface area contributed by atoms with Crippen molar-refractivity contribution in [3.63, 3.8) is 0 Å². The quantitative estimate of drug-likeness (QED) is 0.138. The molecular formula is C31H44Br2.